The predicted octanol–water partition coefficient (Wildman–Crippen LogP) is 9.20. The Morgan fingerprint density at radius 3 is 1.13 bits per heavy atom. The number of hydrogen-bond donors (Lipinski definition) is 0. The van der Waals surface area contributed by atoms with Crippen LogP contribution in [0.4, 0.5) is 0 Å². The molecule has 0 atom stereocenters. The van der Waals surface area contributed by atoms with Crippen LogP contribution < -0.4 is 35.2 Å². The maximum Gasteiger partial charge on any atom is 0.0775 e. The van der Waals surface area contributed by atoms with Crippen LogP contribution in [0.1, 0.15) is 86.5 Å². The molecule has 0 bridgehead atoms. The fourth-order valence-electron chi connectivity index (χ4n) is 9.50. The molecule has 0 saturated heterocycles. The van der Waals surface area contributed by atoms with E-state index in [1.54, 1.807) is 34.5 Å². The molecular weight excluding hydrogens is 895 g/mol. The Hall–Kier alpha value is -1.79. The summed E-state index contributed by atoms with van der Waals surface area (Å²) in [5.41, 5.74) is 11.6. The van der Waals surface area contributed by atoms with Gasteiger partial charge in [0, 0.05) is 0 Å². The van der Waals surface area contributed by atoms with Crippen LogP contribution in [0.25, 0.3) is 43.8 Å². The number of fused-ring (bicyclic) bond motifs is 2. The second-order valence-corrected chi connectivity index (χ2v) is 39.8. The van der Waals surface area contributed by atoms with E-state index in [0.717, 1.165) is 11.8 Å². The van der Waals surface area contributed by atoms with Crippen LogP contribution in [-0.2, 0) is 36.2 Å². The van der Waals surface area contributed by atoms with Gasteiger partial charge < -0.3 is 24.8 Å². The van der Waals surface area contributed by atoms with E-state index in [1.807, 2.05) is 0 Å². The summed E-state index contributed by atoms with van der Waals surface area (Å²) >= 11 is 1.74. The first kappa shape index (κ1) is 50.9. The summed E-state index contributed by atoms with van der Waals surface area (Å²) in [7, 11) is -2.48. The summed E-state index contributed by atoms with van der Waals surface area (Å²) in [6.07, 6.45) is 16.8. The average Bonchev–Trinajstić information content (AvgIpc) is 3.81. The molecule has 0 unspecified atom stereocenters. The summed E-state index contributed by atoms with van der Waals surface area (Å²) in [5.74, 6) is 1.80. The molecule has 2 aliphatic carbocycles. The van der Waals surface area contributed by atoms with Gasteiger partial charge in [-0.25, -0.2) is 0 Å². The summed E-state index contributed by atoms with van der Waals surface area (Å²) in [6, 6.07) is 38.0. The fraction of sp³-hybridized carbons (Fsp3) is 0.444. The summed E-state index contributed by atoms with van der Waals surface area (Å²) in [5, 5.41) is 8.87. The molecule has 6 aromatic rings. The van der Waals surface area contributed by atoms with Gasteiger partial charge in [0.25, 0.3) is 0 Å². The Balaban J connectivity index is 0.000000236. The number of hydrogen-bond acceptors (Lipinski definition) is 0. The van der Waals surface area contributed by atoms with Crippen molar-refractivity contribution in [3.63, 3.8) is 0 Å². The van der Waals surface area contributed by atoms with Gasteiger partial charge in [-0.3, -0.25) is 0 Å². The minimum absolute atomic E-state index is 0. The second kappa shape index (κ2) is 22.7. The van der Waals surface area contributed by atoms with Crippen molar-refractivity contribution in [3.8, 4) is 22.3 Å². The fourth-order valence-corrected chi connectivity index (χ4v) is 11.8. The molecule has 2 saturated carbocycles. The van der Waals surface area contributed by atoms with Crippen molar-refractivity contribution in [1.29, 1.82) is 0 Å². The molecule has 0 N–H and O–H groups in total. The zero-order valence-electron chi connectivity index (χ0n) is 38.6. The van der Waals surface area contributed by atoms with E-state index >= 15 is 0 Å². The standard InChI is InChI=1S/2C26H33Si.C2H6Si.2ClH.Zr/c2*1-19-10-15-24(22-11-13-23(14-12-22)27(2,3)4)26-18-21(17-25(19)26)16-20-8-6-5-7-9-20;1-3-2;;;/h2*10-15,17-18,20H,5-9,16H2,1-4H3;1-2H3;2*1H;/q2*-1;;;;+2/p-2. The molecule has 6 aromatic carbocycles. The molecule has 0 heterocycles. The predicted molar refractivity (Wildman–Crippen MR) is 263 cm³/mol. The van der Waals surface area contributed by atoms with Crippen molar-refractivity contribution in [1.82, 2.24) is 0 Å². The molecule has 0 radical (unpaired) electrons. The van der Waals surface area contributed by atoms with Crippen molar-refractivity contribution >= 4 is 53.5 Å². The van der Waals surface area contributed by atoms with Crippen molar-refractivity contribution < 1.29 is 48.1 Å². The Labute approximate surface area is 395 Å². The van der Waals surface area contributed by atoms with E-state index in [4.69, 9.17) is 0 Å². The molecule has 320 valence electrons. The normalized spacial score (nSPS) is 15.0. The molecule has 0 aliphatic heterocycles. The maximum absolute atomic E-state index is 2.48. The molecule has 2 fully saturated rings. The number of aryl methyl sites for hydroxylation is 2. The summed E-state index contributed by atoms with van der Waals surface area (Å²) < 4.78 is 0. The van der Waals surface area contributed by atoms with E-state index in [9.17, 15) is 0 Å². The molecule has 2 aliphatic rings. The Morgan fingerprint density at radius 1 is 0.517 bits per heavy atom. The molecule has 0 nitrogen and oxygen atoms in total. The third-order valence-electron chi connectivity index (χ3n) is 13.0. The molecule has 60 heavy (non-hydrogen) atoms. The maximum atomic E-state index is 2.48. The van der Waals surface area contributed by atoms with E-state index < -0.39 is 16.1 Å². The van der Waals surface area contributed by atoms with Gasteiger partial charge in [0.05, 0.1) is 16.1 Å². The van der Waals surface area contributed by atoms with Gasteiger partial charge in [-0.1, -0.05) is 200 Å². The van der Waals surface area contributed by atoms with Crippen LogP contribution in [0.15, 0.2) is 97.1 Å². The van der Waals surface area contributed by atoms with Crippen LogP contribution in [-0.4, -0.2) is 21.6 Å². The minimum atomic E-state index is -1.24. The second-order valence-electron chi connectivity index (χ2n) is 20.3. The third-order valence-corrected chi connectivity index (χ3v) is 17.1. The van der Waals surface area contributed by atoms with Crippen molar-refractivity contribution in [2.24, 2.45) is 11.8 Å². The van der Waals surface area contributed by atoms with E-state index in [1.165, 1.54) is 142 Å². The SMILES string of the molecule is C[Si](C)=[Zr+2].Cc1ccc(-c2ccc([Si](C)(C)C)cc2)c2cc(CC3CCCCC3)[cH-]c12.Cc1ccc(-c2ccc([Si](C)(C)C)cc2)c2cc(CC3CCCCC3)[cH-]c12.[Cl-].[Cl-]. The van der Waals surface area contributed by atoms with Gasteiger partial charge in [-0.15, -0.1) is 68.1 Å². The molecule has 0 aromatic heterocycles. The van der Waals surface area contributed by atoms with Crippen LogP contribution in [0.5, 0.6) is 0 Å². The summed E-state index contributed by atoms with van der Waals surface area (Å²) in [4.78, 5) is 0. The van der Waals surface area contributed by atoms with Gasteiger partial charge in [0.15, 0.2) is 0 Å². The van der Waals surface area contributed by atoms with E-state index in [0.29, 0.717) is 0 Å². The first-order valence-electron chi connectivity index (χ1n) is 22.7. The van der Waals surface area contributed by atoms with Gasteiger partial charge in [0.1, 0.15) is 0 Å². The van der Waals surface area contributed by atoms with Gasteiger partial charge >= 0.3 is 41.9 Å². The minimum Gasteiger partial charge on any atom is -1.00 e. The van der Waals surface area contributed by atoms with Crippen LogP contribution in [0.3, 0.4) is 0 Å². The largest absolute Gasteiger partial charge is 1.00 e. The zero-order valence-corrected chi connectivity index (χ0v) is 45.6. The molecule has 0 spiro atoms. The topological polar surface area (TPSA) is 0 Å². The Morgan fingerprint density at radius 2 is 0.833 bits per heavy atom. The number of rotatable bonds is 8. The molecular formula is C54H72Cl2Si3Zr-2. The smallest absolute Gasteiger partial charge is 0.0775 e. The van der Waals surface area contributed by atoms with Crippen molar-refractivity contribution in [2.45, 2.75) is 143 Å². The first-order valence-corrected chi connectivity index (χ1v) is 35.9. The number of benzene rings is 4. The summed E-state index contributed by atoms with van der Waals surface area (Å²) in [6.45, 7) is 23.6. The van der Waals surface area contributed by atoms with Gasteiger partial charge in [0.2, 0.25) is 0 Å². The Bertz CT molecular complexity index is 2110. The zero-order chi connectivity index (χ0) is 41.6. The molecule has 6 heteroatoms. The molecule has 8 rings (SSSR count). The van der Waals surface area contributed by atoms with E-state index in [-0.39, 0.29) is 30.2 Å². The monoisotopic (exact) mass is 964 g/mol. The van der Waals surface area contributed by atoms with E-state index in [2.05, 4.69) is 163 Å². The Kier molecular flexibility index (Phi) is 19.3. The third kappa shape index (κ3) is 13.6. The van der Waals surface area contributed by atoms with Crippen LogP contribution in [0, 0.1) is 25.7 Å². The van der Waals surface area contributed by atoms with Crippen LogP contribution >= 0.6 is 0 Å². The van der Waals surface area contributed by atoms with Gasteiger partial charge in [-0.2, -0.15) is 12.1 Å². The first-order chi connectivity index (χ1) is 27.6. The van der Waals surface area contributed by atoms with Crippen molar-refractivity contribution in [3.05, 3.63) is 119 Å². The van der Waals surface area contributed by atoms with Crippen LogP contribution in [0.2, 0.25) is 52.4 Å². The van der Waals surface area contributed by atoms with Crippen molar-refractivity contribution in [2.75, 3.05) is 0 Å². The average molecular weight is 968 g/mol. The quantitative estimate of drug-likeness (QED) is 0.106. The van der Waals surface area contributed by atoms with Gasteiger partial charge in [-0.05, 0) is 35.8 Å². The molecule has 0 amide bonds. The number of halogens is 2.